The molecule has 31 heavy (non-hydrogen) atoms. The van der Waals surface area contributed by atoms with Gasteiger partial charge in [-0.1, -0.05) is 6.07 Å². The van der Waals surface area contributed by atoms with Crippen LogP contribution in [-0.2, 0) is 6.54 Å². The Morgan fingerprint density at radius 3 is 2.55 bits per heavy atom. The van der Waals surface area contributed by atoms with Crippen LogP contribution in [0.15, 0.2) is 75.8 Å². The topological polar surface area (TPSA) is 75.6 Å². The van der Waals surface area contributed by atoms with Crippen molar-refractivity contribution in [2.75, 3.05) is 0 Å². The van der Waals surface area contributed by atoms with Gasteiger partial charge in [0, 0.05) is 28.0 Å². The molecule has 3 aromatic carbocycles. The molecule has 0 unspecified atom stereocenters. The summed E-state index contributed by atoms with van der Waals surface area (Å²) in [6, 6.07) is 16.3. The Morgan fingerprint density at radius 2 is 1.74 bits per heavy atom. The minimum absolute atomic E-state index is 0.0360. The van der Waals surface area contributed by atoms with Crippen LogP contribution >= 0.6 is 0 Å². The van der Waals surface area contributed by atoms with Gasteiger partial charge in [0.05, 0.1) is 12.8 Å². The standard InChI is InChI=1S/C24H15F2NO4/c25-17-2-3-19(21(26)11-17)20-10-15(13-1-4-22-14(7-13)5-6-30-22)8-16-9-18(31-23(16)20)12-27-24(28)29/h1-11,27H,12H2,(H,28,29). The van der Waals surface area contributed by atoms with E-state index in [9.17, 15) is 13.6 Å². The Morgan fingerprint density at radius 1 is 0.903 bits per heavy atom. The normalized spacial score (nSPS) is 11.3. The number of amides is 1. The Kier molecular flexibility index (Phi) is 4.43. The minimum Gasteiger partial charge on any atom is -0.465 e. The van der Waals surface area contributed by atoms with E-state index in [1.54, 1.807) is 18.4 Å². The van der Waals surface area contributed by atoms with E-state index < -0.39 is 17.7 Å². The van der Waals surface area contributed by atoms with E-state index >= 15 is 0 Å². The molecule has 154 valence electrons. The first-order valence-electron chi connectivity index (χ1n) is 9.44. The van der Waals surface area contributed by atoms with Crippen LogP contribution in [0.4, 0.5) is 13.6 Å². The predicted octanol–water partition coefficient (Wildman–Crippen LogP) is 6.56. The van der Waals surface area contributed by atoms with Crippen molar-refractivity contribution >= 4 is 28.0 Å². The molecule has 0 aliphatic heterocycles. The van der Waals surface area contributed by atoms with Gasteiger partial charge in [-0.15, -0.1) is 0 Å². The van der Waals surface area contributed by atoms with Gasteiger partial charge in [-0.2, -0.15) is 0 Å². The number of rotatable bonds is 4. The van der Waals surface area contributed by atoms with Crippen molar-refractivity contribution in [3.05, 3.63) is 84.3 Å². The van der Waals surface area contributed by atoms with Crippen LogP contribution in [0.25, 0.3) is 44.2 Å². The van der Waals surface area contributed by atoms with E-state index in [1.807, 2.05) is 30.3 Å². The molecule has 1 amide bonds. The first-order valence-corrected chi connectivity index (χ1v) is 9.44. The molecule has 2 N–H and O–H groups in total. The summed E-state index contributed by atoms with van der Waals surface area (Å²) in [6.07, 6.45) is 0.425. The van der Waals surface area contributed by atoms with E-state index in [1.165, 1.54) is 12.1 Å². The Balaban J connectivity index is 1.72. The summed E-state index contributed by atoms with van der Waals surface area (Å²) < 4.78 is 39.4. The summed E-state index contributed by atoms with van der Waals surface area (Å²) in [6.45, 7) is -0.0360. The highest BCUT2D eigenvalue weighted by Gasteiger charge is 2.17. The van der Waals surface area contributed by atoms with Crippen LogP contribution in [0.3, 0.4) is 0 Å². The first kappa shape index (κ1) is 18.9. The van der Waals surface area contributed by atoms with E-state index in [4.69, 9.17) is 13.9 Å². The monoisotopic (exact) mass is 419 g/mol. The maximum absolute atomic E-state index is 14.6. The van der Waals surface area contributed by atoms with E-state index in [2.05, 4.69) is 5.32 Å². The van der Waals surface area contributed by atoms with Gasteiger partial charge in [0.15, 0.2) is 0 Å². The fraction of sp³-hybridized carbons (Fsp3) is 0.0417. The lowest BCUT2D eigenvalue weighted by atomic mass is 9.96. The summed E-state index contributed by atoms with van der Waals surface area (Å²) >= 11 is 0. The summed E-state index contributed by atoms with van der Waals surface area (Å²) in [5.41, 5.74) is 3.45. The van der Waals surface area contributed by atoms with Crippen LogP contribution in [0.1, 0.15) is 5.76 Å². The number of carbonyl (C=O) groups is 1. The zero-order valence-electron chi connectivity index (χ0n) is 16.0. The summed E-state index contributed by atoms with van der Waals surface area (Å²) in [5.74, 6) is -1.01. The summed E-state index contributed by atoms with van der Waals surface area (Å²) in [4.78, 5) is 10.8. The second-order valence-electron chi connectivity index (χ2n) is 7.11. The van der Waals surface area contributed by atoms with Crippen molar-refractivity contribution in [1.82, 2.24) is 5.32 Å². The van der Waals surface area contributed by atoms with Gasteiger partial charge < -0.3 is 19.3 Å². The number of benzene rings is 3. The number of carboxylic acid groups (broad SMARTS) is 1. The van der Waals surface area contributed by atoms with Gasteiger partial charge in [0.1, 0.15) is 28.6 Å². The molecule has 5 nitrogen and oxygen atoms in total. The molecule has 5 rings (SSSR count). The zero-order valence-corrected chi connectivity index (χ0v) is 16.0. The van der Waals surface area contributed by atoms with Crippen molar-refractivity contribution < 1.29 is 27.5 Å². The third kappa shape index (κ3) is 3.50. The molecule has 0 saturated heterocycles. The number of hydrogen-bond donors (Lipinski definition) is 2. The molecule has 5 aromatic rings. The number of furan rings is 2. The minimum atomic E-state index is -1.18. The fourth-order valence-electron chi connectivity index (χ4n) is 3.68. The molecule has 0 spiro atoms. The third-order valence-corrected chi connectivity index (χ3v) is 5.09. The molecule has 0 fully saturated rings. The van der Waals surface area contributed by atoms with E-state index in [0.29, 0.717) is 22.3 Å². The molecule has 7 heteroatoms. The zero-order chi connectivity index (χ0) is 21.5. The molecule has 2 heterocycles. The quantitative estimate of drug-likeness (QED) is 0.346. The van der Waals surface area contributed by atoms with E-state index in [0.717, 1.165) is 28.2 Å². The van der Waals surface area contributed by atoms with Crippen molar-refractivity contribution in [2.45, 2.75) is 6.54 Å². The third-order valence-electron chi connectivity index (χ3n) is 5.09. The van der Waals surface area contributed by atoms with E-state index in [-0.39, 0.29) is 12.1 Å². The number of halogens is 2. The molecular weight excluding hydrogens is 404 g/mol. The Bertz CT molecular complexity index is 1450. The summed E-state index contributed by atoms with van der Waals surface area (Å²) in [5, 5.41) is 12.7. The first-order chi connectivity index (χ1) is 15.0. The van der Waals surface area contributed by atoms with Gasteiger partial charge in [-0.25, -0.2) is 13.6 Å². The highest BCUT2D eigenvalue weighted by atomic mass is 19.1. The largest absolute Gasteiger partial charge is 0.465 e. The van der Waals surface area contributed by atoms with Crippen molar-refractivity contribution in [3.8, 4) is 22.3 Å². The lowest BCUT2D eigenvalue weighted by molar-refractivity contribution is 0.193. The highest BCUT2D eigenvalue weighted by Crippen LogP contribution is 2.38. The lowest BCUT2D eigenvalue weighted by Crippen LogP contribution is -2.19. The van der Waals surface area contributed by atoms with Gasteiger partial charge in [0.2, 0.25) is 0 Å². The molecule has 0 aliphatic carbocycles. The fourth-order valence-corrected chi connectivity index (χ4v) is 3.68. The lowest BCUT2D eigenvalue weighted by Gasteiger charge is -2.09. The second kappa shape index (κ2) is 7.28. The van der Waals surface area contributed by atoms with Crippen molar-refractivity contribution in [2.24, 2.45) is 0 Å². The number of nitrogens with one attached hydrogen (secondary N) is 1. The second-order valence-corrected chi connectivity index (χ2v) is 7.11. The van der Waals surface area contributed by atoms with Crippen molar-refractivity contribution in [3.63, 3.8) is 0 Å². The van der Waals surface area contributed by atoms with Crippen LogP contribution in [-0.4, -0.2) is 11.2 Å². The van der Waals surface area contributed by atoms with Gasteiger partial charge in [0.25, 0.3) is 0 Å². The number of hydrogen-bond acceptors (Lipinski definition) is 3. The van der Waals surface area contributed by atoms with Gasteiger partial charge in [-0.3, -0.25) is 0 Å². The average Bonchev–Trinajstić information content (AvgIpc) is 3.37. The maximum Gasteiger partial charge on any atom is 0.405 e. The molecule has 0 bridgehead atoms. The molecule has 0 saturated carbocycles. The van der Waals surface area contributed by atoms with Crippen LogP contribution < -0.4 is 5.32 Å². The smallest absolute Gasteiger partial charge is 0.405 e. The SMILES string of the molecule is O=C(O)NCc1cc2cc(-c3ccc4occc4c3)cc(-c3ccc(F)cc3F)c2o1. The molecule has 0 radical (unpaired) electrons. The molecule has 0 atom stereocenters. The molecule has 2 aromatic heterocycles. The maximum atomic E-state index is 14.6. The van der Waals surface area contributed by atoms with Gasteiger partial charge in [-0.05, 0) is 59.7 Å². The van der Waals surface area contributed by atoms with Crippen LogP contribution in [0, 0.1) is 11.6 Å². The van der Waals surface area contributed by atoms with Crippen LogP contribution in [0.2, 0.25) is 0 Å². The Hall–Kier alpha value is -4.13. The highest BCUT2D eigenvalue weighted by molar-refractivity contribution is 5.98. The average molecular weight is 419 g/mol. The predicted molar refractivity (Wildman–Crippen MR) is 112 cm³/mol. The van der Waals surface area contributed by atoms with Crippen molar-refractivity contribution in [1.29, 1.82) is 0 Å². The van der Waals surface area contributed by atoms with Crippen LogP contribution in [0.5, 0.6) is 0 Å². The molecular formula is C24H15F2NO4. The number of fused-ring (bicyclic) bond motifs is 2. The Labute approximate surface area is 174 Å². The summed E-state index contributed by atoms with van der Waals surface area (Å²) in [7, 11) is 0. The van der Waals surface area contributed by atoms with Gasteiger partial charge >= 0.3 is 6.09 Å². The molecule has 0 aliphatic rings.